The monoisotopic (exact) mass is 184 g/mol. The van der Waals surface area contributed by atoms with Crippen molar-refractivity contribution in [2.24, 2.45) is 0 Å². The highest BCUT2D eigenvalue weighted by molar-refractivity contribution is 6.12. The van der Waals surface area contributed by atoms with Gasteiger partial charge in [-0.2, -0.15) is 0 Å². The first-order chi connectivity index (χ1) is 6.02. The van der Waals surface area contributed by atoms with Crippen LogP contribution in [0.3, 0.4) is 0 Å². The fourth-order valence-electron chi connectivity index (χ4n) is 1.02. The van der Waals surface area contributed by atoms with E-state index in [0.29, 0.717) is 0 Å². The normalized spacial score (nSPS) is 16.4. The number of aliphatic carboxylic acids is 1. The van der Waals surface area contributed by atoms with Crippen molar-refractivity contribution in [3.8, 4) is 0 Å². The molecule has 0 radical (unpaired) electrons. The molecule has 0 unspecified atom stereocenters. The Morgan fingerprint density at radius 2 is 2.00 bits per heavy atom. The molecule has 0 bridgehead atoms. The zero-order valence-corrected chi connectivity index (χ0v) is 6.99. The van der Waals surface area contributed by atoms with Crippen LogP contribution in [0.2, 0.25) is 0 Å². The molecule has 5 heteroatoms. The number of esters is 2. The Kier molecular flexibility index (Phi) is 2.46. The number of hydrogen-bond acceptors (Lipinski definition) is 4. The number of ether oxygens (including phenoxy) is 1. The van der Waals surface area contributed by atoms with Gasteiger partial charge in [0.1, 0.15) is 0 Å². The molecule has 0 atom stereocenters. The van der Waals surface area contributed by atoms with Crippen molar-refractivity contribution < 1.29 is 24.2 Å². The highest BCUT2D eigenvalue weighted by atomic mass is 16.6. The van der Waals surface area contributed by atoms with Crippen molar-refractivity contribution >= 4 is 17.9 Å². The maximum atomic E-state index is 10.9. The Bertz CT molecular complexity index is 312. The van der Waals surface area contributed by atoms with Crippen molar-refractivity contribution in [1.29, 1.82) is 0 Å². The summed E-state index contributed by atoms with van der Waals surface area (Å²) in [4.78, 5) is 31.9. The summed E-state index contributed by atoms with van der Waals surface area (Å²) in [6.45, 7) is 1.45. The average Bonchev–Trinajstić information content (AvgIpc) is 2.24. The highest BCUT2D eigenvalue weighted by Gasteiger charge is 2.29. The molecule has 0 saturated carbocycles. The summed E-state index contributed by atoms with van der Waals surface area (Å²) in [6, 6.07) is 0. The molecule has 5 nitrogen and oxygen atoms in total. The maximum Gasteiger partial charge on any atom is 0.342 e. The number of cyclic esters (lactones) is 2. The molecule has 0 aromatic carbocycles. The zero-order chi connectivity index (χ0) is 10.0. The van der Waals surface area contributed by atoms with E-state index in [1.165, 1.54) is 6.92 Å². The third kappa shape index (κ3) is 1.93. The van der Waals surface area contributed by atoms with Gasteiger partial charge < -0.3 is 9.84 Å². The van der Waals surface area contributed by atoms with Gasteiger partial charge in [-0.1, -0.05) is 0 Å². The van der Waals surface area contributed by atoms with Gasteiger partial charge in [-0.15, -0.1) is 0 Å². The molecular weight excluding hydrogens is 176 g/mol. The lowest BCUT2D eigenvalue weighted by atomic mass is 10.1. The van der Waals surface area contributed by atoms with Crippen LogP contribution in [0.4, 0.5) is 0 Å². The Balaban J connectivity index is 2.72. The second-order valence-corrected chi connectivity index (χ2v) is 2.67. The van der Waals surface area contributed by atoms with E-state index in [1.54, 1.807) is 0 Å². The van der Waals surface area contributed by atoms with Gasteiger partial charge in [0.2, 0.25) is 0 Å². The topological polar surface area (TPSA) is 80.7 Å². The van der Waals surface area contributed by atoms with Crippen molar-refractivity contribution in [3.63, 3.8) is 0 Å². The van der Waals surface area contributed by atoms with E-state index < -0.39 is 17.9 Å². The molecule has 70 valence electrons. The summed E-state index contributed by atoms with van der Waals surface area (Å²) in [5, 5.41) is 8.35. The van der Waals surface area contributed by atoms with Gasteiger partial charge in [0.05, 0.1) is 0 Å². The number of hydrogen-bond donors (Lipinski definition) is 1. The van der Waals surface area contributed by atoms with Gasteiger partial charge in [-0.25, -0.2) is 9.59 Å². The van der Waals surface area contributed by atoms with Crippen molar-refractivity contribution in [1.82, 2.24) is 0 Å². The van der Waals surface area contributed by atoms with Crippen LogP contribution in [-0.2, 0) is 19.1 Å². The molecule has 0 spiro atoms. The minimum Gasteiger partial charge on any atom is -0.481 e. The summed E-state index contributed by atoms with van der Waals surface area (Å²) in [7, 11) is 0. The Morgan fingerprint density at radius 1 is 1.38 bits per heavy atom. The first kappa shape index (κ1) is 9.44. The molecule has 1 aliphatic heterocycles. The van der Waals surface area contributed by atoms with Crippen molar-refractivity contribution in [3.05, 3.63) is 11.1 Å². The number of carbonyl (C=O) groups is 3. The van der Waals surface area contributed by atoms with Crippen LogP contribution in [0.25, 0.3) is 0 Å². The second-order valence-electron chi connectivity index (χ2n) is 2.67. The predicted molar refractivity (Wildman–Crippen MR) is 40.7 cm³/mol. The van der Waals surface area contributed by atoms with E-state index in [2.05, 4.69) is 4.74 Å². The first-order valence-corrected chi connectivity index (χ1v) is 3.70. The molecule has 1 aliphatic rings. The molecule has 0 aromatic heterocycles. The molecule has 1 heterocycles. The van der Waals surface area contributed by atoms with Crippen molar-refractivity contribution in [2.45, 2.75) is 19.8 Å². The summed E-state index contributed by atoms with van der Waals surface area (Å²) >= 11 is 0. The molecular formula is C8H8O5. The molecule has 0 fully saturated rings. The number of carbonyl (C=O) groups excluding carboxylic acids is 2. The standard InChI is InChI=1S/C8H8O5/c1-4-5(2-3-6(9)10)8(12)13-7(4)11/h2-3H2,1H3,(H,9,10). The number of rotatable bonds is 3. The number of carboxylic acids is 1. The van der Waals surface area contributed by atoms with Crippen LogP contribution in [-0.4, -0.2) is 23.0 Å². The molecule has 0 saturated heterocycles. The van der Waals surface area contributed by atoms with Crippen LogP contribution in [0.5, 0.6) is 0 Å². The minimum absolute atomic E-state index is 0.0474. The van der Waals surface area contributed by atoms with E-state index >= 15 is 0 Å². The lowest BCUT2D eigenvalue weighted by Crippen LogP contribution is -2.03. The van der Waals surface area contributed by atoms with E-state index in [9.17, 15) is 14.4 Å². The van der Waals surface area contributed by atoms with E-state index in [0.717, 1.165) is 0 Å². The number of carboxylic acid groups (broad SMARTS) is 1. The molecule has 0 aliphatic carbocycles. The largest absolute Gasteiger partial charge is 0.481 e. The van der Waals surface area contributed by atoms with E-state index in [-0.39, 0.29) is 24.0 Å². The van der Waals surface area contributed by atoms with Crippen LogP contribution in [0.15, 0.2) is 11.1 Å². The van der Waals surface area contributed by atoms with Gasteiger partial charge >= 0.3 is 17.9 Å². The maximum absolute atomic E-state index is 10.9. The van der Waals surface area contributed by atoms with Crippen LogP contribution in [0.1, 0.15) is 19.8 Å². The second kappa shape index (κ2) is 3.38. The van der Waals surface area contributed by atoms with Crippen LogP contribution in [0, 0.1) is 0 Å². The molecule has 1 rings (SSSR count). The smallest absolute Gasteiger partial charge is 0.342 e. The average molecular weight is 184 g/mol. The summed E-state index contributed by atoms with van der Waals surface area (Å²) in [5.74, 6) is -2.40. The third-order valence-electron chi connectivity index (χ3n) is 1.78. The van der Waals surface area contributed by atoms with Gasteiger partial charge in [-0.3, -0.25) is 4.79 Å². The lowest BCUT2D eigenvalue weighted by molar-refractivity contribution is -0.151. The Morgan fingerprint density at radius 3 is 2.38 bits per heavy atom. The van der Waals surface area contributed by atoms with E-state index in [4.69, 9.17) is 5.11 Å². The van der Waals surface area contributed by atoms with Gasteiger partial charge in [0.15, 0.2) is 0 Å². The predicted octanol–water partition coefficient (Wildman–Crippen LogP) is 0.251. The quantitative estimate of drug-likeness (QED) is 0.502. The van der Waals surface area contributed by atoms with E-state index in [1.807, 2.05) is 0 Å². The molecule has 13 heavy (non-hydrogen) atoms. The minimum atomic E-state index is -1.01. The lowest BCUT2D eigenvalue weighted by Gasteiger charge is -1.94. The molecule has 0 amide bonds. The van der Waals surface area contributed by atoms with Crippen LogP contribution >= 0.6 is 0 Å². The fraction of sp³-hybridized carbons (Fsp3) is 0.375. The Hall–Kier alpha value is -1.65. The van der Waals surface area contributed by atoms with Gasteiger partial charge in [0.25, 0.3) is 0 Å². The van der Waals surface area contributed by atoms with Crippen molar-refractivity contribution in [2.75, 3.05) is 0 Å². The molecule has 1 N–H and O–H groups in total. The van der Waals surface area contributed by atoms with Gasteiger partial charge in [0, 0.05) is 17.6 Å². The third-order valence-corrected chi connectivity index (χ3v) is 1.78. The summed E-state index contributed by atoms with van der Waals surface area (Å²) < 4.78 is 4.27. The Labute approximate surface area is 74.0 Å². The van der Waals surface area contributed by atoms with Crippen LogP contribution < -0.4 is 0 Å². The fourth-order valence-corrected chi connectivity index (χ4v) is 1.02. The zero-order valence-electron chi connectivity index (χ0n) is 6.99. The van der Waals surface area contributed by atoms with Gasteiger partial charge in [-0.05, 0) is 13.3 Å². The summed E-state index contributed by atoms with van der Waals surface area (Å²) in [6.07, 6.45) is -0.124. The first-order valence-electron chi connectivity index (χ1n) is 3.70. The summed E-state index contributed by atoms with van der Waals surface area (Å²) in [5.41, 5.74) is 0.388. The SMILES string of the molecule is CC1=C(CCC(=O)O)C(=O)OC1=O. The molecule has 0 aromatic rings. The highest BCUT2D eigenvalue weighted by Crippen LogP contribution is 2.20.